The number of nitrogens with zero attached hydrogens (tertiary/aromatic N) is 1. The smallest absolute Gasteiger partial charge is 0.104 e. The summed E-state index contributed by atoms with van der Waals surface area (Å²) in [6.45, 7) is 4.31. The number of aliphatic hydroxyl groups is 1. The Bertz CT molecular complexity index is 375. The summed E-state index contributed by atoms with van der Waals surface area (Å²) >= 11 is 1.71. The molecule has 0 unspecified atom stereocenters. The summed E-state index contributed by atoms with van der Waals surface area (Å²) in [5.74, 6) is 5.62. The van der Waals surface area contributed by atoms with Crippen LogP contribution < -0.4 is 0 Å². The predicted molar refractivity (Wildman–Crippen MR) is 74.1 cm³/mol. The largest absolute Gasteiger partial charge is 0.384 e. The highest BCUT2D eigenvalue weighted by atomic mass is 32.1. The maximum absolute atomic E-state index is 8.62. The Hall–Kier alpha value is -0.820. The van der Waals surface area contributed by atoms with Crippen LogP contribution in [0.3, 0.4) is 0 Å². The SMILES string of the molecule is CCCCCN(C)Cc1ccc(C#CCO)s1. The Balaban J connectivity index is 2.37. The Morgan fingerprint density at radius 3 is 2.88 bits per heavy atom. The highest BCUT2D eigenvalue weighted by Crippen LogP contribution is 2.17. The van der Waals surface area contributed by atoms with Crippen LogP contribution >= 0.6 is 11.3 Å². The van der Waals surface area contributed by atoms with Crippen LogP contribution in [-0.2, 0) is 6.54 Å². The minimum atomic E-state index is -0.0653. The fourth-order valence-corrected chi connectivity index (χ4v) is 2.60. The molecule has 0 spiro atoms. The third-order valence-electron chi connectivity index (χ3n) is 2.52. The zero-order valence-corrected chi connectivity index (χ0v) is 11.5. The fraction of sp³-hybridized carbons (Fsp3) is 0.571. The van der Waals surface area contributed by atoms with E-state index in [2.05, 4.69) is 36.8 Å². The first-order valence-corrected chi connectivity index (χ1v) is 6.95. The molecule has 0 aliphatic heterocycles. The lowest BCUT2D eigenvalue weighted by molar-refractivity contribution is 0.321. The molecule has 1 heterocycles. The molecule has 1 aromatic rings. The minimum absolute atomic E-state index is 0.0653. The summed E-state index contributed by atoms with van der Waals surface area (Å²) in [5.41, 5.74) is 0. The van der Waals surface area contributed by atoms with Gasteiger partial charge in [0.2, 0.25) is 0 Å². The van der Waals surface area contributed by atoms with E-state index in [4.69, 9.17) is 5.11 Å². The van der Waals surface area contributed by atoms with Gasteiger partial charge in [-0.1, -0.05) is 31.6 Å². The summed E-state index contributed by atoms with van der Waals surface area (Å²) in [7, 11) is 2.16. The summed E-state index contributed by atoms with van der Waals surface area (Å²) in [4.78, 5) is 4.73. The molecule has 0 saturated heterocycles. The average Bonchev–Trinajstić information content (AvgIpc) is 2.74. The van der Waals surface area contributed by atoms with Gasteiger partial charge in [0.25, 0.3) is 0 Å². The summed E-state index contributed by atoms with van der Waals surface area (Å²) < 4.78 is 0. The number of thiophene rings is 1. The Morgan fingerprint density at radius 1 is 1.35 bits per heavy atom. The van der Waals surface area contributed by atoms with E-state index in [9.17, 15) is 0 Å². The second-order valence-corrected chi connectivity index (χ2v) is 5.34. The molecule has 17 heavy (non-hydrogen) atoms. The van der Waals surface area contributed by atoms with Crippen LogP contribution in [0.4, 0.5) is 0 Å². The van der Waals surface area contributed by atoms with Gasteiger partial charge in [-0.3, -0.25) is 0 Å². The molecule has 0 saturated carbocycles. The lowest BCUT2D eigenvalue weighted by Gasteiger charge is -2.14. The van der Waals surface area contributed by atoms with Gasteiger partial charge in [-0.2, -0.15) is 0 Å². The molecule has 0 aliphatic rings. The van der Waals surface area contributed by atoms with Gasteiger partial charge in [0.15, 0.2) is 0 Å². The third-order valence-corrected chi connectivity index (χ3v) is 3.51. The van der Waals surface area contributed by atoms with Gasteiger partial charge in [-0.05, 0) is 32.1 Å². The molecule has 0 aliphatic carbocycles. The van der Waals surface area contributed by atoms with E-state index in [1.807, 2.05) is 6.07 Å². The van der Waals surface area contributed by atoms with Crippen LogP contribution in [0.25, 0.3) is 0 Å². The van der Waals surface area contributed by atoms with Crippen molar-refractivity contribution in [2.75, 3.05) is 20.2 Å². The van der Waals surface area contributed by atoms with Crippen molar-refractivity contribution < 1.29 is 5.11 Å². The molecule has 1 rings (SSSR count). The highest BCUT2D eigenvalue weighted by molar-refractivity contribution is 7.12. The Kier molecular flexibility index (Phi) is 6.95. The number of aliphatic hydroxyl groups excluding tert-OH is 1. The lowest BCUT2D eigenvalue weighted by Crippen LogP contribution is -2.18. The van der Waals surface area contributed by atoms with Gasteiger partial charge in [0.05, 0.1) is 4.88 Å². The van der Waals surface area contributed by atoms with Crippen molar-refractivity contribution in [3.63, 3.8) is 0 Å². The third kappa shape index (κ3) is 5.88. The molecular formula is C14H21NOS. The van der Waals surface area contributed by atoms with E-state index in [1.54, 1.807) is 11.3 Å². The quantitative estimate of drug-likeness (QED) is 0.621. The van der Waals surface area contributed by atoms with Gasteiger partial charge < -0.3 is 10.0 Å². The first-order chi connectivity index (χ1) is 8.26. The topological polar surface area (TPSA) is 23.5 Å². The van der Waals surface area contributed by atoms with Crippen LogP contribution in [0.2, 0.25) is 0 Å². The summed E-state index contributed by atoms with van der Waals surface area (Å²) in [6, 6.07) is 4.16. The number of rotatable bonds is 6. The van der Waals surface area contributed by atoms with Gasteiger partial charge in [0, 0.05) is 11.4 Å². The second kappa shape index (κ2) is 8.30. The zero-order chi connectivity index (χ0) is 12.5. The number of hydrogen-bond donors (Lipinski definition) is 1. The Labute approximate surface area is 108 Å². The van der Waals surface area contributed by atoms with E-state index in [-0.39, 0.29) is 6.61 Å². The van der Waals surface area contributed by atoms with Gasteiger partial charge in [0.1, 0.15) is 6.61 Å². The van der Waals surface area contributed by atoms with Crippen LogP contribution in [0.1, 0.15) is 35.9 Å². The lowest BCUT2D eigenvalue weighted by atomic mass is 10.2. The number of hydrogen-bond acceptors (Lipinski definition) is 3. The monoisotopic (exact) mass is 251 g/mol. The van der Waals surface area contributed by atoms with Crippen molar-refractivity contribution in [2.24, 2.45) is 0 Å². The van der Waals surface area contributed by atoms with Crippen molar-refractivity contribution in [3.05, 3.63) is 21.9 Å². The highest BCUT2D eigenvalue weighted by Gasteiger charge is 2.02. The molecule has 0 bridgehead atoms. The first kappa shape index (κ1) is 14.2. The molecule has 1 aromatic heterocycles. The fourth-order valence-electron chi connectivity index (χ4n) is 1.63. The van der Waals surface area contributed by atoms with Crippen LogP contribution in [0.15, 0.2) is 12.1 Å². The van der Waals surface area contributed by atoms with E-state index >= 15 is 0 Å². The second-order valence-electron chi connectivity index (χ2n) is 4.17. The molecule has 1 N–H and O–H groups in total. The van der Waals surface area contributed by atoms with Crippen molar-refractivity contribution >= 4 is 11.3 Å². The van der Waals surface area contributed by atoms with Gasteiger partial charge in [-0.15, -0.1) is 11.3 Å². The molecule has 0 fully saturated rings. The van der Waals surface area contributed by atoms with E-state index in [0.717, 1.165) is 18.0 Å². The maximum Gasteiger partial charge on any atom is 0.104 e. The zero-order valence-electron chi connectivity index (χ0n) is 10.7. The Morgan fingerprint density at radius 2 is 2.18 bits per heavy atom. The molecule has 0 aromatic carbocycles. The van der Waals surface area contributed by atoms with Crippen LogP contribution in [-0.4, -0.2) is 30.2 Å². The molecule has 2 nitrogen and oxygen atoms in total. The molecule has 0 atom stereocenters. The normalized spacial score (nSPS) is 10.4. The van der Waals surface area contributed by atoms with Crippen molar-refractivity contribution in [1.82, 2.24) is 4.90 Å². The summed E-state index contributed by atoms with van der Waals surface area (Å²) in [5, 5.41) is 8.62. The van der Waals surface area contributed by atoms with E-state index < -0.39 is 0 Å². The number of unbranched alkanes of at least 4 members (excludes halogenated alkanes) is 2. The van der Waals surface area contributed by atoms with Gasteiger partial charge in [-0.25, -0.2) is 0 Å². The van der Waals surface area contributed by atoms with Crippen LogP contribution in [0, 0.1) is 11.8 Å². The summed E-state index contributed by atoms with van der Waals surface area (Å²) in [6.07, 6.45) is 3.85. The van der Waals surface area contributed by atoms with Crippen molar-refractivity contribution in [2.45, 2.75) is 32.7 Å². The molecule has 94 valence electrons. The standard InChI is InChI=1S/C14H21NOS/c1-3-4-5-10-15(2)12-14-9-8-13(17-14)7-6-11-16/h8-9,16H,3-5,10-12H2,1-2H3. The predicted octanol–water partition coefficient (Wildman–Crippen LogP) is 2.71. The van der Waals surface area contributed by atoms with E-state index in [0.29, 0.717) is 0 Å². The molecule has 0 radical (unpaired) electrons. The molecular weight excluding hydrogens is 230 g/mol. The van der Waals surface area contributed by atoms with Crippen LogP contribution in [0.5, 0.6) is 0 Å². The molecule has 3 heteroatoms. The van der Waals surface area contributed by atoms with Crippen molar-refractivity contribution in [1.29, 1.82) is 0 Å². The van der Waals surface area contributed by atoms with Gasteiger partial charge >= 0.3 is 0 Å². The van der Waals surface area contributed by atoms with E-state index in [1.165, 1.54) is 24.1 Å². The average molecular weight is 251 g/mol. The van der Waals surface area contributed by atoms with Crippen molar-refractivity contribution in [3.8, 4) is 11.8 Å². The first-order valence-electron chi connectivity index (χ1n) is 6.13. The molecule has 0 amide bonds. The maximum atomic E-state index is 8.62. The minimum Gasteiger partial charge on any atom is -0.384 e.